The Labute approximate surface area is 129 Å². The Hall–Kier alpha value is -1.20. The van der Waals surface area contributed by atoms with Crippen molar-refractivity contribution in [3.8, 4) is 0 Å². The Morgan fingerprint density at radius 3 is 2.57 bits per heavy atom. The van der Waals surface area contributed by atoms with Gasteiger partial charge in [-0.3, -0.25) is 9.59 Å². The number of rotatable bonds is 5. The standard InChI is InChI=1S/C16H23NO3S/c1-4-12-8-17(9-15(12)19)16(20)6-5-14(18)13-7-10(2)21-11(13)3/h7,12,15,19H,4-6,8-9H2,1-3H3. The highest BCUT2D eigenvalue weighted by Gasteiger charge is 2.32. The third kappa shape index (κ3) is 3.71. The average molecular weight is 309 g/mol. The first-order valence-corrected chi connectivity index (χ1v) is 8.30. The largest absolute Gasteiger partial charge is 0.391 e. The topological polar surface area (TPSA) is 57.6 Å². The minimum atomic E-state index is -0.420. The van der Waals surface area contributed by atoms with E-state index in [1.54, 1.807) is 16.2 Å². The van der Waals surface area contributed by atoms with Crippen LogP contribution in [-0.2, 0) is 4.79 Å². The molecule has 4 nitrogen and oxygen atoms in total. The molecule has 1 fully saturated rings. The molecule has 21 heavy (non-hydrogen) atoms. The van der Waals surface area contributed by atoms with Gasteiger partial charge in [0.2, 0.25) is 5.91 Å². The summed E-state index contributed by atoms with van der Waals surface area (Å²) in [6.07, 6.45) is 0.934. The van der Waals surface area contributed by atoms with Crippen molar-refractivity contribution < 1.29 is 14.7 Å². The number of thiophene rings is 1. The molecule has 1 saturated heterocycles. The van der Waals surface area contributed by atoms with Crippen LogP contribution in [0.25, 0.3) is 0 Å². The number of aliphatic hydroxyl groups is 1. The van der Waals surface area contributed by atoms with E-state index in [0.717, 1.165) is 21.7 Å². The highest BCUT2D eigenvalue weighted by Crippen LogP contribution is 2.24. The van der Waals surface area contributed by atoms with Crippen LogP contribution in [0.2, 0.25) is 0 Å². The first-order chi connectivity index (χ1) is 9.92. The van der Waals surface area contributed by atoms with Gasteiger partial charge in [-0.25, -0.2) is 0 Å². The zero-order valence-corrected chi connectivity index (χ0v) is 13.7. The number of hydrogen-bond acceptors (Lipinski definition) is 4. The van der Waals surface area contributed by atoms with Gasteiger partial charge in [0.25, 0.3) is 0 Å². The molecule has 0 radical (unpaired) electrons. The quantitative estimate of drug-likeness (QED) is 0.850. The maximum Gasteiger partial charge on any atom is 0.223 e. The third-order valence-electron chi connectivity index (χ3n) is 4.19. The van der Waals surface area contributed by atoms with Crippen LogP contribution in [0.4, 0.5) is 0 Å². The summed E-state index contributed by atoms with van der Waals surface area (Å²) >= 11 is 1.61. The minimum Gasteiger partial charge on any atom is -0.391 e. The molecular formula is C16H23NO3S. The number of amides is 1. The van der Waals surface area contributed by atoms with Gasteiger partial charge in [-0.15, -0.1) is 11.3 Å². The van der Waals surface area contributed by atoms with E-state index in [4.69, 9.17) is 0 Å². The van der Waals surface area contributed by atoms with Gasteiger partial charge in [-0.1, -0.05) is 6.92 Å². The molecule has 2 unspecified atom stereocenters. The van der Waals surface area contributed by atoms with Crippen molar-refractivity contribution in [3.63, 3.8) is 0 Å². The highest BCUT2D eigenvalue weighted by atomic mass is 32.1. The first kappa shape index (κ1) is 16.2. The van der Waals surface area contributed by atoms with Crippen molar-refractivity contribution in [2.75, 3.05) is 13.1 Å². The normalized spacial score (nSPS) is 21.8. The van der Waals surface area contributed by atoms with Gasteiger partial charge in [-0.05, 0) is 26.3 Å². The fraction of sp³-hybridized carbons (Fsp3) is 0.625. The monoisotopic (exact) mass is 309 g/mol. The summed E-state index contributed by atoms with van der Waals surface area (Å²) in [6.45, 7) is 6.96. The van der Waals surface area contributed by atoms with E-state index < -0.39 is 6.10 Å². The summed E-state index contributed by atoms with van der Waals surface area (Å²) in [6, 6.07) is 1.90. The van der Waals surface area contributed by atoms with Crippen LogP contribution in [0.5, 0.6) is 0 Å². The van der Waals surface area contributed by atoms with E-state index in [1.807, 2.05) is 26.8 Å². The lowest BCUT2D eigenvalue weighted by Crippen LogP contribution is -2.29. The lowest BCUT2D eigenvalue weighted by atomic mass is 10.0. The van der Waals surface area contributed by atoms with E-state index in [2.05, 4.69) is 0 Å². The second-order valence-electron chi connectivity index (χ2n) is 5.78. The number of likely N-dealkylation sites (tertiary alicyclic amines) is 1. The average Bonchev–Trinajstić information content (AvgIpc) is 2.98. The first-order valence-electron chi connectivity index (χ1n) is 7.48. The SMILES string of the molecule is CCC1CN(C(=O)CCC(=O)c2cc(C)sc2C)CC1O. The molecule has 0 aromatic carbocycles. The van der Waals surface area contributed by atoms with Gasteiger partial charge in [0.1, 0.15) is 0 Å². The second-order valence-corrected chi connectivity index (χ2v) is 7.24. The van der Waals surface area contributed by atoms with Crippen LogP contribution < -0.4 is 0 Å². The molecular weight excluding hydrogens is 286 g/mol. The number of aryl methyl sites for hydroxylation is 2. The molecule has 0 aliphatic carbocycles. The number of nitrogens with zero attached hydrogens (tertiary/aromatic N) is 1. The van der Waals surface area contributed by atoms with E-state index >= 15 is 0 Å². The maximum absolute atomic E-state index is 12.2. The third-order valence-corrected chi connectivity index (χ3v) is 5.16. The number of hydrogen-bond donors (Lipinski definition) is 1. The highest BCUT2D eigenvalue weighted by molar-refractivity contribution is 7.12. The maximum atomic E-state index is 12.2. The van der Waals surface area contributed by atoms with Crippen molar-refractivity contribution in [2.45, 2.75) is 46.1 Å². The smallest absolute Gasteiger partial charge is 0.223 e. The molecule has 2 heterocycles. The second kappa shape index (κ2) is 6.71. The molecule has 1 aromatic rings. The molecule has 1 aliphatic heterocycles. The van der Waals surface area contributed by atoms with Crippen LogP contribution in [0.3, 0.4) is 0 Å². The summed E-state index contributed by atoms with van der Waals surface area (Å²) in [7, 11) is 0. The van der Waals surface area contributed by atoms with Crippen LogP contribution in [0, 0.1) is 19.8 Å². The van der Waals surface area contributed by atoms with Gasteiger partial charge >= 0.3 is 0 Å². The molecule has 1 aromatic heterocycles. The van der Waals surface area contributed by atoms with Crippen LogP contribution in [0.1, 0.15) is 46.3 Å². The van der Waals surface area contributed by atoms with Crippen LogP contribution in [0.15, 0.2) is 6.07 Å². The summed E-state index contributed by atoms with van der Waals surface area (Å²) < 4.78 is 0. The van der Waals surface area contributed by atoms with Crippen LogP contribution >= 0.6 is 11.3 Å². The fourth-order valence-corrected chi connectivity index (χ4v) is 3.82. The Balaban J connectivity index is 1.87. The zero-order valence-electron chi connectivity index (χ0n) is 12.9. The molecule has 2 rings (SSSR count). The van der Waals surface area contributed by atoms with Crippen molar-refractivity contribution in [3.05, 3.63) is 21.4 Å². The molecule has 0 spiro atoms. The number of carbonyl (C=O) groups excluding carboxylic acids is 2. The summed E-state index contributed by atoms with van der Waals surface area (Å²) in [5, 5.41) is 9.84. The molecule has 0 saturated carbocycles. The molecule has 0 bridgehead atoms. The van der Waals surface area contributed by atoms with E-state index in [1.165, 1.54) is 0 Å². The number of carbonyl (C=O) groups is 2. The van der Waals surface area contributed by atoms with E-state index in [-0.39, 0.29) is 30.4 Å². The van der Waals surface area contributed by atoms with Gasteiger partial charge in [0.05, 0.1) is 6.10 Å². The summed E-state index contributed by atoms with van der Waals surface area (Å²) in [5.74, 6) is 0.186. The lowest BCUT2D eigenvalue weighted by molar-refractivity contribution is -0.130. The Kier molecular flexibility index (Phi) is 5.17. The van der Waals surface area contributed by atoms with Crippen LogP contribution in [-0.4, -0.2) is 40.9 Å². The predicted molar refractivity (Wildman–Crippen MR) is 83.7 cm³/mol. The minimum absolute atomic E-state index is 0.0250. The Bertz CT molecular complexity index is 538. The molecule has 116 valence electrons. The van der Waals surface area contributed by atoms with Gasteiger partial charge in [-0.2, -0.15) is 0 Å². The van der Waals surface area contributed by atoms with Gasteiger partial charge in [0.15, 0.2) is 5.78 Å². The van der Waals surface area contributed by atoms with Gasteiger partial charge in [0, 0.05) is 47.2 Å². The summed E-state index contributed by atoms with van der Waals surface area (Å²) in [4.78, 5) is 28.1. The molecule has 5 heteroatoms. The number of β-amino-alcohol motifs (C(OH)–C–C–N with tert-alkyl or cyclic N) is 1. The number of ketones is 1. The number of Topliss-reactive ketones (excluding diaryl/α,β-unsaturated/α-hetero) is 1. The Morgan fingerprint density at radius 1 is 1.33 bits per heavy atom. The number of aliphatic hydroxyl groups excluding tert-OH is 1. The zero-order chi connectivity index (χ0) is 15.6. The van der Waals surface area contributed by atoms with Crippen molar-refractivity contribution in [1.29, 1.82) is 0 Å². The van der Waals surface area contributed by atoms with Crippen molar-refractivity contribution in [1.82, 2.24) is 4.90 Å². The molecule has 2 atom stereocenters. The Morgan fingerprint density at radius 2 is 2.05 bits per heavy atom. The van der Waals surface area contributed by atoms with Crippen molar-refractivity contribution >= 4 is 23.0 Å². The molecule has 1 aliphatic rings. The molecule has 1 N–H and O–H groups in total. The van der Waals surface area contributed by atoms with E-state index in [9.17, 15) is 14.7 Å². The predicted octanol–water partition coefficient (Wildman–Crippen LogP) is 2.56. The lowest BCUT2D eigenvalue weighted by Gasteiger charge is -2.15. The fourth-order valence-electron chi connectivity index (χ4n) is 2.88. The van der Waals surface area contributed by atoms with E-state index in [0.29, 0.717) is 13.1 Å². The van der Waals surface area contributed by atoms with Crippen molar-refractivity contribution in [2.24, 2.45) is 5.92 Å². The summed E-state index contributed by atoms with van der Waals surface area (Å²) in [5.41, 5.74) is 0.748. The van der Waals surface area contributed by atoms with Gasteiger partial charge < -0.3 is 10.0 Å². The molecule has 1 amide bonds.